The van der Waals surface area contributed by atoms with Crippen LogP contribution in [0.15, 0.2) is 0 Å². The van der Waals surface area contributed by atoms with Gasteiger partial charge in [-0.1, -0.05) is 0 Å². The second-order valence-corrected chi connectivity index (χ2v) is 1.73. The van der Waals surface area contributed by atoms with Gasteiger partial charge in [0.05, 0.1) is 0 Å². The smallest absolute Gasteiger partial charge is 0.180 e. The molecule has 0 aromatic heterocycles. The molecule has 0 spiro atoms. The van der Waals surface area contributed by atoms with Crippen LogP contribution in [0.5, 0.6) is 0 Å². The Hall–Kier alpha value is -0.120. The summed E-state index contributed by atoms with van der Waals surface area (Å²) in [6.07, 6.45) is 1.88. The van der Waals surface area contributed by atoms with E-state index in [0.717, 1.165) is 19.4 Å². The molecule has 0 aliphatic carbocycles. The average molecular weight is 133 g/mol. The minimum absolute atomic E-state index is 0.424. The number of hydrogen-bond acceptors (Lipinski definition) is 2. The van der Waals surface area contributed by atoms with Crippen LogP contribution in [0.2, 0.25) is 0 Å². The molecule has 0 heterocycles. The maximum absolute atomic E-state index is 9.71. The predicted molar refractivity (Wildman–Crippen MR) is 32.6 cm³/mol. The molecule has 0 saturated heterocycles. The SMILES string of the molecule is COCCCCOC[O]. The van der Waals surface area contributed by atoms with E-state index in [1.54, 1.807) is 7.11 Å². The zero-order valence-corrected chi connectivity index (χ0v) is 5.76. The van der Waals surface area contributed by atoms with E-state index in [0.29, 0.717) is 6.61 Å². The maximum Gasteiger partial charge on any atom is 0.180 e. The first kappa shape index (κ1) is 8.88. The van der Waals surface area contributed by atoms with Crippen molar-refractivity contribution in [2.45, 2.75) is 12.8 Å². The van der Waals surface area contributed by atoms with Crippen molar-refractivity contribution in [2.24, 2.45) is 0 Å². The second kappa shape index (κ2) is 7.88. The molecule has 0 rings (SSSR count). The van der Waals surface area contributed by atoms with E-state index in [-0.39, 0.29) is 0 Å². The highest BCUT2D eigenvalue weighted by Crippen LogP contribution is 1.88. The van der Waals surface area contributed by atoms with Gasteiger partial charge >= 0.3 is 0 Å². The van der Waals surface area contributed by atoms with Crippen molar-refractivity contribution < 1.29 is 14.6 Å². The van der Waals surface area contributed by atoms with Gasteiger partial charge < -0.3 is 9.47 Å². The summed E-state index contributed by atoms with van der Waals surface area (Å²) in [5, 5.41) is 9.71. The van der Waals surface area contributed by atoms with Gasteiger partial charge in [-0.3, -0.25) is 0 Å². The van der Waals surface area contributed by atoms with Crippen molar-refractivity contribution in [3.63, 3.8) is 0 Å². The molecule has 0 aromatic carbocycles. The normalized spacial score (nSPS) is 10.0. The van der Waals surface area contributed by atoms with Crippen LogP contribution >= 0.6 is 0 Å². The fourth-order valence-electron chi connectivity index (χ4n) is 0.509. The molecule has 0 fully saturated rings. The van der Waals surface area contributed by atoms with Gasteiger partial charge in [-0.05, 0) is 12.8 Å². The van der Waals surface area contributed by atoms with Crippen molar-refractivity contribution in [3.05, 3.63) is 0 Å². The Morgan fingerprint density at radius 3 is 2.44 bits per heavy atom. The Morgan fingerprint density at radius 1 is 1.22 bits per heavy atom. The summed E-state index contributed by atoms with van der Waals surface area (Å²) in [5.74, 6) is 0. The summed E-state index contributed by atoms with van der Waals surface area (Å²) < 4.78 is 9.36. The summed E-state index contributed by atoms with van der Waals surface area (Å²) in [6, 6.07) is 0. The topological polar surface area (TPSA) is 38.4 Å². The lowest BCUT2D eigenvalue weighted by Gasteiger charge is -1.97. The molecule has 0 unspecified atom stereocenters. The van der Waals surface area contributed by atoms with Crippen LogP contribution in [0, 0.1) is 0 Å². The Morgan fingerprint density at radius 2 is 1.89 bits per heavy atom. The highest BCUT2D eigenvalue weighted by molar-refractivity contribution is 4.34. The van der Waals surface area contributed by atoms with Crippen LogP contribution in [0.4, 0.5) is 0 Å². The molecule has 0 aliphatic rings. The molecular weight excluding hydrogens is 120 g/mol. The van der Waals surface area contributed by atoms with E-state index < -0.39 is 6.79 Å². The molecule has 0 N–H and O–H groups in total. The fourth-order valence-corrected chi connectivity index (χ4v) is 0.509. The molecule has 0 aromatic rings. The summed E-state index contributed by atoms with van der Waals surface area (Å²) in [6.45, 7) is 0.891. The van der Waals surface area contributed by atoms with E-state index in [2.05, 4.69) is 4.74 Å². The Labute approximate surface area is 55.6 Å². The number of hydrogen-bond donors (Lipinski definition) is 0. The van der Waals surface area contributed by atoms with E-state index >= 15 is 0 Å². The van der Waals surface area contributed by atoms with Crippen LogP contribution in [0.3, 0.4) is 0 Å². The minimum atomic E-state index is -0.424. The quantitative estimate of drug-likeness (QED) is 0.397. The van der Waals surface area contributed by atoms with Crippen molar-refractivity contribution in [1.82, 2.24) is 0 Å². The second-order valence-electron chi connectivity index (χ2n) is 1.73. The average Bonchev–Trinajstić information content (AvgIpc) is 1.89. The standard InChI is InChI=1S/C6H13O3/c1-8-4-2-3-5-9-6-7/h2-6H2,1H3. The predicted octanol–water partition coefficient (Wildman–Crippen LogP) is 0.818. The van der Waals surface area contributed by atoms with Crippen molar-refractivity contribution in [2.75, 3.05) is 27.1 Å². The Balaban J connectivity index is 2.60. The summed E-state index contributed by atoms with van der Waals surface area (Å²) in [4.78, 5) is 0. The van der Waals surface area contributed by atoms with Crippen molar-refractivity contribution >= 4 is 0 Å². The van der Waals surface area contributed by atoms with Gasteiger partial charge in [-0.2, -0.15) is 0 Å². The van der Waals surface area contributed by atoms with Crippen molar-refractivity contribution in [1.29, 1.82) is 0 Å². The van der Waals surface area contributed by atoms with Gasteiger partial charge in [-0.25, -0.2) is 5.11 Å². The third-order valence-corrected chi connectivity index (χ3v) is 0.970. The largest absolute Gasteiger partial charge is 0.385 e. The third-order valence-electron chi connectivity index (χ3n) is 0.970. The molecule has 0 atom stereocenters. The van der Waals surface area contributed by atoms with Crippen LogP contribution in [-0.4, -0.2) is 27.1 Å². The summed E-state index contributed by atoms with van der Waals surface area (Å²) >= 11 is 0. The molecular formula is C6H13O3. The van der Waals surface area contributed by atoms with Gasteiger partial charge in [0.1, 0.15) is 0 Å². The van der Waals surface area contributed by atoms with Crippen LogP contribution < -0.4 is 0 Å². The number of methoxy groups -OCH3 is 1. The van der Waals surface area contributed by atoms with Gasteiger partial charge in [0.15, 0.2) is 6.79 Å². The van der Waals surface area contributed by atoms with Gasteiger partial charge in [-0.15, -0.1) is 0 Å². The first-order valence-corrected chi connectivity index (χ1v) is 3.06. The van der Waals surface area contributed by atoms with Gasteiger partial charge in [0.2, 0.25) is 0 Å². The molecule has 0 bridgehead atoms. The number of unbranched alkanes of at least 4 members (excludes halogenated alkanes) is 1. The lowest BCUT2D eigenvalue weighted by atomic mass is 10.3. The van der Waals surface area contributed by atoms with Crippen molar-refractivity contribution in [3.8, 4) is 0 Å². The van der Waals surface area contributed by atoms with E-state index in [9.17, 15) is 5.11 Å². The third kappa shape index (κ3) is 7.88. The zero-order valence-electron chi connectivity index (χ0n) is 5.76. The zero-order chi connectivity index (χ0) is 6.95. The monoisotopic (exact) mass is 133 g/mol. The molecule has 0 amide bonds. The number of rotatable bonds is 6. The summed E-state index contributed by atoms with van der Waals surface area (Å²) in [7, 11) is 1.66. The van der Waals surface area contributed by atoms with E-state index in [1.165, 1.54) is 0 Å². The fraction of sp³-hybridized carbons (Fsp3) is 1.00. The molecule has 1 radical (unpaired) electrons. The minimum Gasteiger partial charge on any atom is -0.385 e. The first-order valence-electron chi connectivity index (χ1n) is 3.06. The van der Waals surface area contributed by atoms with E-state index in [4.69, 9.17) is 4.74 Å². The molecule has 0 saturated carbocycles. The Kier molecular flexibility index (Phi) is 7.77. The van der Waals surface area contributed by atoms with Crippen LogP contribution in [-0.2, 0) is 14.6 Å². The molecule has 3 heteroatoms. The molecule has 9 heavy (non-hydrogen) atoms. The summed E-state index contributed by atoms with van der Waals surface area (Å²) in [5.41, 5.74) is 0. The number of ether oxygens (including phenoxy) is 2. The van der Waals surface area contributed by atoms with Crippen LogP contribution in [0.25, 0.3) is 0 Å². The van der Waals surface area contributed by atoms with Crippen LogP contribution in [0.1, 0.15) is 12.8 Å². The Bertz CT molecular complexity index is 41.6. The molecule has 0 aliphatic heterocycles. The molecule has 55 valence electrons. The first-order chi connectivity index (χ1) is 4.41. The lowest BCUT2D eigenvalue weighted by molar-refractivity contribution is -0.0454. The van der Waals surface area contributed by atoms with Gasteiger partial charge in [0.25, 0.3) is 0 Å². The highest BCUT2D eigenvalue weighted by Gasteiger charge is 1.86. The highest BCUT2D eigenvalue weighted by atomic mass is 16.6. The van der Waals surface area contributed by atoms with Gasteiger partial charge in [0, 0.05) is 20.3 Å². The molecule has 3 nitrogen and oxygen atoms in total. The maximum atomic E-state index is 9.71. The lowest BCUT2D eigenvalue weighted by Crippen LogP contribution is -1.96. The van der Waals surface area contributed by atoms with E-state index in [1.807, 2.05) is 0 Å².